The lowest BCUT2D eigenvalue weighted by Gasteiger charge is -2.37. The van der Waals surface area contributed by atoms with E-state index in [1.165, 1.54) is 0 Å². The molecule has 21 heavy (non-hydrogen) atoms. The summed E-state index contributed by atoms with van der Waals surface area (Å²) in [5, 5.41) is 2.04. The molecule has 1 N–H and O–H groups in total. The van der Waals surface area contributed by atoms with E-state index in [2.05, 4.69) is 0 Å². The van der Waals surface area contributed by atoms with Crippen molar-refractivity contribution in [2.45, 2.75) is 44.9 Å². The van der Waals surface area contributed by atoms with Gasteiger partial charge in [-0.3, -0.25) is 4.79 Å². The Morgan fingerprint density at radius 2 is 1.90 bits per heavy atom. The lowest BCUT2D eigenvalue weighted by atomic mass is 10.2. The molecule has 8 heteroatoms. The van der Waals surface area contributed by atoms with Gasteiger partial charge in [-0.1, -0.05) is 0 Å². The highest BCUT2D eigenvalue weighted by Gasteiger charge is 2.50. The molecule has 1 atom stereocenters. The van der Waals surface area contributed by atoms with Gasteiger partial charge in [0.2, 0.25) is 5.91 Å². The van der Waals surface area contributed by atoms with Gasteiger partial charge in [0.25, 0.3) is 0 Å². The number of nitrogens with one attached hydrogen (secondary N) is 1. The Kier molecular flexibility index (Phi) is 4.34. The first-order chi connectivity index (χ1) is 9.70. The number of alkyl halides is 3. The number of hydrogen-bond donors (Lipinski definition) is 1. The molecule has 1 unspecified atom stereocenters. The van der Waals surface area contributed by atoms with Crippen LogP contribution in [0.3, 0.4) is 0 Å². The molecule has 1 aliphatic carbocycles. The van der Waals surface area contributed by atoms with E-state index in [0.29, 0.717) is 19.4 Å². The summed E-state index contributed by atoms with van der Waals surface area (Å²) in [6.45, 7) is 4.16. The number of hydrogen-bond acceptors (Lipinski definition) is 2. The van der Waals surface area contributed by atoms with Crippen LogP contribution in [-0.4, -0.2) is 59.6 Å². The van der Waals surface area contributed by atoms with Gasteiger partial charge in [0.05, 0.1) is 0 Å². The number of nitrogens with zero attached hydrogens (tertiary/aromatic N) is 2. The average molecular weight is 307 g/mol. The highest BCUT2D eigenvalue weighted by molar-refractivity contribution is 5.85. The Bertz CT molecular complexity index is 421. The molecule has 0 spiro atoms. The molecule has 0 aromatic carbocycles. The summed E-state index contributed by atoms with van der Waals surface area (Å²) in [5.74, 6) is -0.761. The van der Waals surface area contributed by atoms with Gasteiger partial charge < -0.3 is 15.1 Å². The van der Waals surface area contributed by atoms with Crippen LogP contribution in [0.5, 0.6) is 0 Å². The lowest BCUT2D eigenvalue weighted by Crippen LogP contribution is -2.59. The molecule has 2 fully saturated rings. The van der Waals surface area contributed by atoms with Crippen LogP contribution in [0.25, 0.3) is 0 Å². The molecule has 1 saturated carbocycles. The van der Waals surface area contributed by atoms with E-state index in [9.17, 15) is 22.8 Å². The quantitative estimate of drug-likeness (QED) is 0.861. The zero-order chi connectivity index (χ0) is 15.8. The van der Waals surface area contributed by atoms with Gasteiger partial charge in [-0.05, 0) is 32.6 Å². The third-order valence-electron chi connectivity index (χ3n) is 3.89. The second-order valence-electron chi connectivity index (χ2n) is 5.91. The van der Waals surface area contributed by atoms with E-state index < -0.39 is 24.2 Å². The van der Waals surface area contributed by atoms with Crippen molar-refractivity contribution >= 4 is 11.9 Å². The highest BCUT2D eigenvalue weighted by Crippen LogP contribution is 2.40. The summed E-state index contributed by atoms with van der Waals surface area (Å²) in [5.41, 5.74) is 0. The second kappa shape index (κ2) is 5.73. The average Bonchev–Trinajstić information content (AvgIpc) is 3.17. The summed E-state index contributed by atoms with van der Waals surface area (Å²) < 4.78 is 38.6. The zero-order valence-corrected chi connectivity index (χ0v) is 12.1. The molecule has 0 radical (unpaired) electrons. The van der Waals surface area contributed by atoms with Gasteiger partial charge in [0.1, 0.15) is 12.6 Å². The molecule has 2 rings (SSSR count). The Balaban J connectivity index is 1.93. The van der Waals surface area contributed by atoms with Gasteiger partial charge in [-0.2, -0.15) is 13.2 Å². The molecular formula is C13H20F3N3O2. The molecule has 3 amide bonds. The normalized spacial score (nSPS) is 21.7. The second-order valence-corrected chi connectivity index (χ2v) is 5.91. The summed E-state index contributed by atoms with van der Waals surface area (Å²) in [7, 11) is 0. The maximum Gasteiger partial charge on any atom is 0.408 e. The van der Waals surface area contributed by atoms with E-state index in [1.54, 1.807) is 4.90 Å². The number of halogens is 3. The van der Waals surface area contributed by atoms with Gasteiger partial charge in [-0.15, -0.1) is 0 Å². The van der Waals surface area contributed by atoms with E-state index >= 15 is 0 Å². The maximum atomic E-state index is 12.9. The Morgan fingerprint density at radius 1 is 1.29 bits per heavy atom. The van der Waals surface area contributed by atoms with Crippen molar-refractivity contribution in [3.05, 3.63) is 0 Å². The van der Waals surface area contributed by atoms with Crippen LogP contribution in [0.15, 0.2) is 0 Å². The molecule has 1 heterocycles. The largest absolute Gasteiger partial charge is 0.408 e. The van der Waals surface area contributed by atoms with Crippen molar-refractivity contribution in [1.29, 1.82) is 0 Å². The monoisotopic (exact) mass is 307 g/mol. The number of carbonyl (C=O) groups is 2. The standard InChI is InChI=1S/C13H20F3N3O2/c1-8(2)19-6-5-18(7-10(19)20)12(21)17-11(9-3-4-9)13(14,15)16/h8-9,11H,3-7H2,1-2H3,(H,17,21). The molecular weight excluding hydrogens is 287 g/mol. The fourth-order valence-corrected chi connectivity index (χ4v) is 2.53. The molecule has 120 valence electrons. The van der Waals surface area contributed by atoms with Crippen molar-refractivity contribution in [3.8, 4) is 0 Å². The number of piperazine rings is 1. The summed E-state index contributed by atoms with van der Waals surface area (Å²) >= 11 is 0. The lowest BCUT2D eigenvalue weighted by molar-refractivity contribution is -0.158. The van der Waals surface area contributed by atoms with Crippen LogP contribution in [0.2, 0.25) is 0 Å². The number of carbonyl (C=O) groups excluding carboxylic acids is 2. The van der Waals surface area contributed by atoms with Crippen LogP contribution in [0.1, 0.15) is 26.7 Å². The summed E-state index contributed by atoms with van der Waals surface area (Å²) in [4.78, 5) is 26.6. The third-order valence-corrected chi connectivity index (χ3v) is 3.89. The molecule has 0 aromatic heterocycles. The first-order valence-corrected chi connectivity index (χ1v) is 7.11. The fourth-order valence-electron chi connectivity index (χ4n) is 2.53. The van der Waals surface area contributed by atoms with Crippen LogP contribution >= 0.6 is 0 Å². The zero-order valence-electron chi connectivity index (χ0n) is 12.1. The Hall–Kier alpha value is -1.47. The molecule has 2 aliphatic rings. The fraction of sp³-hybridized carbons (Fsp3) is 0.846. The minimum atomic E-state index is -4.44. The Labute approximate surface area is 121 Å². The van der Waals surface area contributed by atoms with Gasteiger partial charge in [-0.25, -0.2) is 4.79 Å². The minimum absolute atomic E-state index is 0.0251. The maximum absolute atomic E-state index is 12.9. The SMILES string of the molecule is CC(C)N1CCN(C(=O)NC(C2CC2)C(F)(F)F)CC1=O. The van der Waals surface area contributed by atoms with Crippen molar-refractivity contribution in [3.63, 3.8) is 0 Å². The van der Waals surface area contributed by atoms with Crippen LogP contribution in [0, 0.1) is 5.92 Å². The van der Waals surface area contributed by atoms with Crippen LogP contribution in [-0.2, 0) is 4.79 Å². The van der Waals surface area contributed by atoms with Crippen molar-refractivity contribution in [1.82, 2.24) is 15.1 Å². The molecule has 1 aliphatic heterocycles. The Morgan fingerprint density at radius 3 is 2.33 bits per heavy atom. The van der Waals surface area contributed by atoms with Gasteiger partial charge in [0, 0.05) is 19.1 Å². The highest BCUT2D eigenvalue weighted by atomic mass is 19.4. The van der Waals surface area contributed by atoms with Crippen LogP contribution < -0.4 is 5.32 Å². The van der Waals surface area contributed by atoms with Crippen molar-refractivity contribution < 1.29 is 22.8 Å². The first-order valence-electron chi connectivity index (χ1n) is 7.11. The van der Waals surface area contributed by atoms with E-state index in [1.807, 2.05) is 19.2 Å². The minimum Gasteiger partial charge on any atom is -0.337 e. The van der Waals surface area contributed by atoms with Crippen LogP contribution in [0.4, 0.5) is 18.0 Å². The van der Waals surface area contributed by atoms with E-state index in [0.717, 1.165) is 4.90 Å². The van der Waals surface area contributed by atoms with E-state index in [4.69, 9.17) is 0 Å². The van der Waals surface area contributed by atoms with E-state index in [-0.39, 0.29) is 25.0 Å². The third kappa shape index (κ3) is 3.79. The number of urea groups is 1. The topological polar surface area (TPSA) is 52.6 Å². The van der Waals surface area contributed by atoms with Gasteiger partial charge >= 0.3 is 12.2 Å². The summed E-state index contributed by atoms with van der Waals surface area (Å²) in [6, 6.07) is -2.58. The molecule has 1 saturated heterocycles. The molecule has 0 aromatic rings. The smallest absolute Gasteiger partial charge is 0.337 e. The van der Waals surface area contributed by atoms with Gasteiger partial charge in [0.15, 0.2) is 0 Å². The molecule has 5 nitrogen and oxygen atoms in total. The predicted octanol–water partition coefficient (Wildman–Crippen LogP) is 1.59. The summed E-state index contributed by atoms with van der Waals surface area (Å²) in [6.07, 6.45) is -3.49. The van der Waals surface area contributed by atoms with Crippen molar-refractivity contribution in [2.24, 2.45) is 5.92 Å². The first kappa shape index (κ1) is 15.9. The number of rotatable bonds is 3. The number of amides is 3. The molecule has 0 bridgehead atoms. The predicted molar refractivity (Wildman–Crippen MR) is 69.5 cm³/mol. The van der Waals surface area contributed by atoms with Crippen molar-refractivity contribution in [2.75, 3.05) is 19.6 Å².